The van der Waals surface area contributed by atoms with Crippen molar-refractivity contribution in [3.05, 3.63) is 24.3 Å². The Morgan fingerprint density at radius 1 is 0.957 bits per heavy atom. The number of rotatable bonds is 4. The summed E-state index contributed by atoms with van der Waals surface area (Å²) >= 11 is 0. The summed E-state index contributed by atoms with van der Waals surface area (Å²) < 4.78 is 51.9. The van der Waals surface area contributed by atoms with Gasteiger partial charge in [-0.1, -0.05) is 6.07 Å². The molecular formula is C14H27N3O4S2. The highest BCUT2D eigenvalue weighted by atomic mass is 32.2. The second-order valence-corrected chi connectivity index (χ2v) is 9.95. The average Bonchev–Trinajstić information content (AvgIpc) is 2.37. The normalized spacial score (nSPS) is 12.7. The predicted octanol–water partition coefficient (Wildman–Crippen LogP) is 0.849. The van der Waals surface area contributed by atoms with Crippen LogP contribution in [0.3, 0.4) is 0 Å². The highest BCUT2D eigenvalue weighted by Crippen LogP contribution is 2.19. The minimum absolute atomic E-state index is 0.0562. The molecule has 9 heteroatoms. The van der Waals surface area contributed by atoms with Crippen molar-refractivity contribution < 1.29 is 16.8 Å². The van der Waals surface area contributed by atoms with Crippen LogP contribution in [0.4, 0.5) is 0 Å². The van der Waals surface area contributed by atoms with Gasteiger partial charge in [0.2, 0.25) is 20.0 Å². The number of benzene rings is 1. The molecule has 0 unspecified atom stereocenters. The summed E-state index contributed by atoms with van der Waals surface area (Å²) in [6.07, 6.45) is 0. The molecule has 0 aliphatic carbocycles. The van der Waals surface area contributed by atoms with E-state index >= 15 is 0 Å². The lowest BCUT2D eigenvalue weighted by atomic mass is 10.1. The van der Waals surface area contributed by atoms with Crippen LogP contribution in [0.15, 0.2) is 34.1 Å². The number of hydrogen-bond donors (Lipinski definition) is 2. The maximum absolute atomic E-state index is 12.2. The van der Waals surface area contributed by atoms with Crippen molar-refractivity contribution in [3.8, 4) is 0 Å². The third-order valence-electron chi connectivity index (χ3n) is 2.33. The van der Waals surface area contributed by atoms with Crippen LogP contribution in [0, 0.1) is 0 Å². The molecule has 0 saturated carbocycles. The van der Waals surface area contributed by atoms with Gasteiger partial charge in [-0.2, -0.15) is 0 Å². The maximum atomic E-state index is 12.2. The van der Waals surface area contributed by atoms with Gasteiger partial charge in [-0.3, -0.25) is 0 Å². The molecule has 0 amide bonds. The molecule has 0 saturated heterocycles. The zero-order valence-electron chi connectivity index (χ0n) is 14.7. The summed E-state index contributed by atoms with van der Waals surface area (Å²) in [5, 5.41) is 2.75. The first kappa shape index (κ1) is 22.0. The fourth-order valence-electron chi connectivity index (χ4n) is 1.47. The van der Waals surface area contributed by atoms with Gasteiger partial charge in [-0.05, 0) is 53.1 Å². The molecule has 7 nitrogen and oxygen atoms in total. The van der Waals surface area contributed by atoms with E-state index < -0.39 is 25.6 Å². The highest BCUT2D eigenvalue weighted by molar-refractivity contribution is 7.90. The van der Waals surface area contributed by atoms with Gasteiger partial charge >= 0.3 is 0 Å². The molecular weight excluding hydrogens is 338 g/mol. The van der Waals surface area contributed by atoms with Crippen LogP contribution in [-0.2, 0) is 20.0 Å². The lowest BCUT2D eigenvalue weighted by Crippen LogP contribution is -2.40. The molecule has 0 atom stereocenters. The van der Waals surface area contributed by atoms with E-state index in [0.717, 1.165) is 10.4 Å². The standard InChI is InChI=1S/C12H20N2O4S2.C2H7N/c1-12(2,3)13-19(15,16)10-7-6-8-11(9-10)20(17,18)14(4)5;1-3-2/h6-9,13H,1-5H3;3H,1-2H3. The summed E-state index contributed by atoms with van der Waals surface area (Å²) in [5.74, 6) is 0. The lowest BCUT2D eigenvalue weighted by molar-refractivity contribution is 0.491. The van der Waals surface area contributed by atoms with E-state index in [0.29, 0.717) is 0 Å². The molecule has 1 rings (SSSR count). The Hall–Kier alpha value is -1.00. The fraction of sp³-hybridized carbons (Fsp3) is 0.571. The minimum atomic E-state index is -3.76. The van der Waals surface area contributed by atoms with E-state index in [9.17, 15) is 16.8 Å². The Morgan fingerprint density at radius 2 is 1.39 bits per heavy atom. The smallest absolute Gasteiger partial charge is 0.242 e. The average molecular weight is 366 g/mol. The Bertz CT molecular complexity index is 706. The highest BCUT2D eigenvalue weighted by Gasteiger charge is 2.24. The molecule has 0 aliphatic heterocycles. The molecule has 0 heterocycles. The van der Waals surface area contributed by atoms with Crippen molar-refractivity contribution in [3.63, 3.8) is 0 Å². The first-order valence-corrected chi connectivity index (χ1v) is 9.85. The first-order chi connectivity index (χ1) is 10.3. The van der Waals surface area contributed by atoms with Gasteiger partial charge in [0.05, 0.1) is 9.79 Å². The van der Waals surface area contributed by atoms with Crippen molar-refractivity contribution in [2.45, 2.75) is 36.1 Å². The van der Waals surface area contributed by atoms with Gasteiger partial charge in [0.25, 0.3) is 0 Å². The first-order valence-electron chi connectivity index (χ1n) is 6.93. The Morgan fingerprint density at radius 3 is 1.78 bits per heavy atom. The molecule has 1 aromatic rings. The largest absolute Gasteiger partial charge is 0.323 e. The summed E-state index contributed by atoms with van der Waals surface area (Å²) in [6, 6.07) is 5.30. The van der Waals surface area contributed by atoms with Crippen LogP contribution in [0.5, 0.6) is 0 Å². The summed E-state index contributed by atoms with van der Waals surface area (Å²) in [5.41, 5.74) is -0.644. The van der Waals surface area contributed by atoms with E-state index in [4.69, 9.17) is 0 Å². The third-order valence-corrected chi connectivity index (χ3v) is 5.90. The van der Waals surface area contributed by atoms with Crippen molar-refractivity contribution >= 4 is 20.0 Å². The molecule has 0 bridgehead atoms. The Labute approximate surface area is 140 Å². The monoisotopic (exact) mass is 365 g/mol. The zero-order chi connectivity index (χ0) is 18.5. The maximum Gasteiger partial charge on any atom is 0.242 e. The van der Waals surface area contributed by atoms with Gasteiger partial charge in [0.1, 0.15) is 0 Å². The topological polar surface area (TPSA) is 95.6 Å². The molecule has 2 N–H and O–H groups in total. The Balaban J connectivity index is 0.00000149. The van der Waals surface area contributed by atoms with E-state index in [2.05, 4.69) is 10.0 Å². The molecule has 23 heavy (non-hydrogen) atoms. The van der Waals surface area contributed by atoms with Gasteiger partial charge in [-0.25, -0.2) is 25.9 Å². The SMILES string of the molecule is CN(C)S(=O)(=O)c1cccc(S(=O)(=O)NC(C)(C)C)c1.CNC. The van der Waals surface area contributed by atoms with Crippen molar-refractivity contribution in [1.29, 1.82) is 0 Å². The molecule has 1 aromatic carbocycles. The lowest BCUT2D eigenvalue weighted by Gasteiger charge is -2.20. The van der Waals surface area contributed by atoms with Crippen molar-refractivity contribution in [2.75, 3.05) is 28.2 Å². The van der Waals surface area contributed by atoms with Crippen LogP contribution in [0.2, 0.25) is 0 Å². The van der Waals surface area contributed by atoms with Crippen LogP contribution >= 0.6 is 0 Å². The summed E-state index contributed by atoms with van der Waals surface area (Å²) in [6.45, 7) is 5.14. The van der Waals surface area contributed by atoms with E-state index in [1.165, 1.54) is 32.3 Å². The predicted molar refractivity (Wildman–Crippen MR) is 92.4 cm³/mol. The second kappa shape index (κ2) is 8.20. The van der Waals surface area contributed by atoms with Crippen molar-refractivity contribution in [1.82, 2.24) is 14.3 Å². The molecule has 0 fully saturated rings. The zero-order valence-corrected chi connectivity index (χ0v) is 16.3. The van der Waals surface area contributed by atoms with E-state index in [1.54, 1.807) is 20.8 Å². The number of hydrogen-bond acceptors (Lipinski definition) is 5. The molecule has 0 aliphatic rings. The second-order valence-electron chi connectivity index (χ2n) is 6.12. The fourth-order valence-corrected chi connectivity index (χ4v) is 3.96. The van der Waals surface area contributed by atoms with Gasteiger partial charge in [-0.15, -0.1) is 0 Å². The Kier molecular flexibility index (Phi) is 7.85. The van der Waals surface area contributed by atoms with Gasteiger partial charge < -0.3 is 5.32 Å². The van der Waals surface area contributed by atoms with Crippen molar-refractivity contribution in [2.24, 2.45) is 0 Å². The molecule has 0 spiro atoms. The third kappa shape index (κ3) is 6.96. The van der Waals surface area contributed by atoms with Crippen LogP contribution < -0.4 is 10.0 Å². The molecule has 0 aromatic heterocycles. The molecule has 134 valence electrons. The van der Waals surface area contributed by atoms with Crippen LogP contribution in [0.1, 0.15) is 20.8 Å². The summed E-state index contributed by atoms with van der Waals surface area (Å²) in [4.78, 5) is -0.130. The van der Waals surface area contributed by atoms with Crippen LogP contribution in [0.25, 0.3) is 0 Å². The quantitative estimate of drug-likeness (QED) is 0.825. The number of nitrogens with one attached hydrogen (secondary N) is 2. The minimum Gasteiger partial charge on any atom is -0.323 e. The summed E-state index contributed by atoms with van der Waals surface area (Å²) in [7, 11) is -0.886. The number of sulfonamides is 2. The van der Waals surface area contributed by atoms with Crippen LogP contribution in [-0.4, -0.2) is 54.9 Å². The number of nitrogens with zero attached hydrogens (tertiary/aromatic N) is 1. The van der Waals surface area contributed by atoms with Gasteiger partial charge in [0, 0.05) is 19.6 Å². The van der Waals surface area contributed by atoms with E-state index in [1.807, 2.05) is 14.1 Å². The van der Waals surface area contributed by atoms with E-state index in [-0.39, 0.29) is 9.79 Å². The van der Waals surface area contributed by atoms with Gasteiger partial charge in [0.15, 0.2) is 0 Å². The molecule has 0 radical (unpaired) electrons.